The second-order valence-electron chi connectivity index (χ2n) is 6.88. The van der Waals surface area contributed by atoms with Gasteiger partial charge in [-0.25, -0.2) is 4.98 Å². The largest absolute Gasteiger partial charge is 0.468 e. The number of piperidine rings is 1. The number of esters is 1. The van der Waals surface area contributed by atoms with Crippen LogP contribution in [0.3, 0.4) is 0 Å². The van der Waals surface area contributed by atoms with E-state index in [2.05, 4.69) is 9.72 Å². The minimum Gasteiger partial charge on any atom is -0.468 e. The fourth-order valence-electron chi connectivity index (χ4n) is 3.00. The Balaban J connectivity index is 1.90. The first kappa shape index (κ1) is 23.4. The lowest BCUT2D eigenvalue weighted by molar-refractivity contribution is -0.154. The molecule has 1 aliphatic heterocycles. The van der Waals surface area contributed by atoms with Gasteiger partial charge in [0.05, 0.1) is 24.6 Å². The summed E-state index contributed by atoms with van der Waals surface area (Å²) >= 11 is 0. The molecule has 0 spiro atoms. The highest BCUT2D eigenvalue weighted by atomic mass is 19.4. The molecular formula is C19H24F3N3O5. The molecule has 1 aromatic heterocycles. The van der Waals surface area contributed by atoms with E-state index >= 15 is 0 Å². The van der Waals surface area contributed by atoms with Crippen LogP contribution in [0.5, 0.6) is 5.88 Å². The van der Waals surface area contributed by atoms with Crippen molar-refractivity contribution >= 4 is 17.8 Å². The molecule has 1 unspecified atom stereocenters. The van der Waals surface area contributed by atoms with Crippen molar-refractivity contribution in [1.82, 2.24) is 14.8 Å². The predicted octanol–water partition coefficient (Wildman–Crippen LogP) is 1.90. The van der Waals surface area contributed by atoms with Crippen molar-refractivity contribution in [3.05, 3.63) is 23.9 Å². The zero-order valence-electron chi connectivity index (χ0n) is 16.8. The van der Waals surface area contributed by atoms with Crippen molar-refractivity contribution in [2.75, 3.05) is 39.9 Å². The predicted molar refractivity (Wildman–Crippen MR) is 98.7 cm³/mol. The summed E-state index contributed by atoms with van der Waals surface area (Å²) in [6.45, 7) is 1.03. The number of likely N-dealkylation sites (tertiary alicyclic amines) is 1. The van der Waals surface area contributed by atoms with Gasteiger partial charge in [0.1, 0.15) is 0 Å². The van der Waals surface area contributed by atoms with Crippen LogP contribution < -0.4 is 4.74 Å². The van der Waals surface area contributed by atoms with Gasteiger partial charge in [-0.1, -0.05) is 0 Å². The van der Waals surface area contributed by atoms with Gasteiger partial charge in [0.2, 0.25) is 11.8 Å². The number of likely N-dealkylation sites (N-methyl/N-ethyl adjacent to an activating group) is 1. The summed E-state index contributed by atoms with van der Waals surface area (Å²) in [6, 6.07) is 2.43. The van der Waals surface area contributed by atoms with Crippen LogP contribution in [0.25, 0.3) is 0 Å². The molecule has 1 saturated heterocycles. The number of halogens is 3. The van der Waals surface area contributed by atoms with E-state index in [0.717, 1.165) is 12.3 Å². The third-order valence-corrected chi connectivity index (χ3v) is 4.48. The Kier molecular flexibility index (Phi) is 8.01. The van der Waals surface area contributed by atoms with Crippen molar-refractivity contribution in [2.24, 2.45) is 5.92 Å². The lowest BCUT2D eigenvalue weighted by Crippen LogP contribution is -2.47. The van der Waals surface area contributed by atoms with Crippen LogP contribution in [0.15, 0.2) is 18.3 Å². The molecule has 0 aliphatic carbocycles. The molecule has 30 heavy (non-hydrogen) atoms. The minimum absolute atomic E-state index is 0.104. The van der Waals surface area contributed by atoms with Crippen LogP contribution in [-0.2, 0) is 14.3 Å². The third kappa shape index (κ3) is 6.89. The standard InChI is InChI=1S/C19H24F3N3O5/c1-3-29-18(28)14-5-4-8-25(10-14)16(26)11-24(2)17(27)13-6-7-15(23-9-13)30-12-19(20,21)22/h6-7,9,14H,3-5,8,10-12H2,1-2H3. The molecule has 0 radical (unpaired) electrons. The van der Waals surface area contributed by atoms with Gasteiger partial charge in [-0.3, -0.25) is 14.4 Å². The maximum atomic E-state index is 12.5. The van der Waals surface area contributed by atoms with E-state index in [0.29, 0.717) is 19.4 Å². The molecule has 1 aromatic rings. The van der Waals surface area contributed by atoms with Gasteiger partial charge in [-0.2, -0.15) is 13.2 Å². The summed E-state index contributed by atoms with van der Waals surface area (Å²) in [5, 5.41) is 0. The van der Waals surface area contributed by atoms with Gasteiger partial charge in [-0.05, 0) is 25.8 Å². The number of ether oxygens (including phenoxy) is 2. The molecule has 2 amide bonds. The van der Waals surface area contributed by atoms with Crippen LogP contribution >= 0.6 is 0 Å². The molecule has 11 heteroatoms. The van der Waals surface area contributed by atoms with E-state index in [1.807, 2.05) is 0 Å². The Bertz CT molecular complexity index is 755. The molecule has 0 saturated carbocycles. The molecule has 0 N–H and O–H groups in total. The lowest BCUT2D eigenvalue weighted by atomic mass is 9.98. The van der Waals surface area contributed by atoms with Crippen molar-refractivity contribution in [3.8, 4) is 5.88 Å². The number of alkyl halides is 3. The topological polar surface area (TPSA) is 89.0 Å². The van der Waals surface area contributed by atoms with Gasteiger partial charge in [0.15, 0.2) is 6.61 Å². The summed E-state index contributed by atoms with van der Waals surface area (Å²) in [7, 11) is 1.43. The first-order valence-electron chi connectivity index (χ1n) is 9.46. The van der Waals surface area contributed by atoms with Gasteiger partial charge >= 0.3 is 12.1 Å². The van der Waals surface area contributed by atoms with Gasteiger partial charge < -0.3 is 19.3 Å². The van der Waals surface area contributed by atoms with E-state index < -0.39 is 18.7 Å². The maximum Gasteiger partial charge on any atom is 0.422 e. The summed E-state index contributed by atoms with van der Waals surface area (Å²) in [5.41, 5.74) is 0.104. The first-order chi connectivity index (χ1) is 14.1. The van der Waals surface area contributed by atoms with Crippen LogP contribution in [0.2, 0.25) is 0 Å². The van der Waals surface area contributed by atoms with E-state index in [-0.39, 0.29) is 48.9 Å². The molecule has 0 bridgehead atoms. The average Bonchev–Trinajstić information content (AvgIpc) is 2.71. The number of hydrogen-bond donors (Lipinski definition) is 0. The molecule has 166 valence electrons. The second-order valence-corrected chi connectivity index (χ2v) is 6.88. The molecule has 1 aliphatic rings. The molecular weight excluding hydrogens is 407 g/mol. The normalized spacial score (nSPS) is 16.7. The van der Waals surface area contributed by atoms with Crippen molar-refractivity contribution in [1.29, 1.82) is 0 Å². The molecule has 0 aromatic carbocycles. The third-order valence-electron chi connectivity index (χ3n) is 4.48. The first-order valence-corrected chi connectivity index (χ1v) is 9.46. The number of carbonyl (C=O) groups excluding carboxylic acids is 3. The highest BCUT2D eigenvalue weighted by Gasteiger charge is 2.30. The van der Waals surface area contributed by atoms with Gasteiger partial charge in [0.25, 0.3) is 5.91 Å². The van der Waals surface area contributed by atoms with Crippen LogP contribution in [-0.4, -0.2) is 78.6 Å². The number of pyridine rings is 1. The highest BCUT2D eigenvalue weighted by molar-refractivity contribution is 5.96. The van der Waals surface area contributed by atoms with E-state index in [9.17, 15) is 27.6 Å². The van der Waals surface area contributed by atoms with Crippen LogP contribution in [0.1, 0.15) is 30.1 Å². The molecule has 1 atom stereocenters. The highest BCUT2D eigenvalue weighted by Crippen LogP contribution is 2.19. The van der Waals surface area contributed by atoms with Crippen LogP contribution in [0, 0.1) is 5.92 Å². The Labute approximate surface area is 171 Å². The number of nitrogens with zero attached hydrogens (tertiary/aromatic N) is 3. The van der Waals surface area contributed by atoms with Crippen molar-refractivity contribution in [2.45, 2.75) is 25.9 Å². The van der Waals surface area contributed by atoms with Crippen molar-refractivity contribution in [3.63, 3.8) is 0 Å². The number of hydrogen-bond acceptors (Lipinski definition) is 6. The van der Waals surface area contributed by atoms with Gasteiger partial charge in [-0.15, -0.1) is 0 Å². The van der Waals surface area contributed by atoms with E-state index in [1.54, 1.807) is 6.92 Å². The molecule has 2 rings (SSSR count). The molecule has 8 nitrogen and oxygen atoms in total. The summed E-state index contributed by atoms with van der Waals surface area (Å²) in [4.78, 5) is 43.3. The zero-order chi connectivity index (χ0) is 22.3. The fourth-order valence-corrected chi connectivity index (χ4v) is 3.00. The Morgan fingerprint density at radius 3 is 2.63 bits per heavy atom. The van der Waals surface area contributed by atoms with E-state index in [4.69, 9.17) is 4.74 Å². The SMILES string of the molecule is CCOC(=O)C1CCCN(C(=O)CN(C)C(=O)c2ccc(OCC(F)(F)F)nc2)C1. The maximum absolute atomic E-state index is 12.5. The summed E-state index contributed by atoms with van der Waals surface area (Å²) in [5.74, 6) is -1.80. The smallest absolute Gasteiger partial charge is 0.422 e. The Hall–Kier alpha value is -2.85. The summed E-state index contributed by atoms with van der Waals surface area (Å²) < 4.78 is 46.0. The molecule has 2 heterocycles. The molecule has 1 fully saturated rings. The quantitative estimate of drug-likeness (QED) is 0.613. The number of amides is 2. The van der Waals surface area contributed by atoms with Crippen molar-refractivity contribution < 1.29 is 37.0 Å². The number of rotatable bonds is 7. The second kappa shape index (κ2) is 10.3. The fraction of sp³-hybridized carbons (Fsp3) is 0.579. The summed E-state index contributed by atoms with van der Waals surface area (Å²) in [6.07, 6.45) is -2.09. The number of aromatic nitrogens is 1. The average molecular weight is 431 g/mol. The number of carbonyl (C=O) groups is 3. The van der Waals surface area contributed by atoms with E-state index in [1.165, 1.54) is 22.9 Å². The lowest BCUT2D eigenvalue weighted by Gasteiger charge is -2.32. The van der Waals surface area contributed by atoms with Crippen LogP contribution in [0.4, 0.5) is 13.2 Å². The Morgan fingerprint density at radius 2 is 2.03 bits per heavy atom. The Morgan fingerprint density at radius 1 is 1.30 bits per heavy atom. The monoisotopic (exact) mass is 431 g/mol. The minimum atomic E-state index is -4.49. The zero-order valence-corrected chi connectivity index (χ0v) is 16.8. The van der Waals surface area contributed by atoms with Gasteiger partial charge in [0, 0.05) is 32.4 Å².